The first-order valence-electron chi connectivity index (χ1n) is 6.18. The van der Waals surface area contributed by atoms with Crippen LogP contribution in [-0.2, 0) is 4.79 Å². The monoisotopic (exact) mass is 376 g/mol. The third kappa shape index (κ3) is 3.63. The molecule has 0 spiro atoms. The standard InChI is InChI=1S/C17H13IO2/c18-12-16(19)15(11-13-7-3-1-4-8-13)17(20)14-9-5-2-6-10-14/h1-11H,12H2/b15-11-. The van der Waals surface area contributed by atoms with Crippen molar-refractivity contribution in [1.29, 1.82) is 0 Å². The number of carbonyl (C=O) groups excluding carboxylic acids is 2. The molecule has 20 heavy (non-hydrogen) atoms. The van der Waals surface area contributed by atoms with Gasteiger partial charge in [0.05, 0.1) is 10.0 Å². The van der Waals surface area contributed by atoms with Gasteiger partial charge in [0.15, 0.2) is 11.6 Å². The lowest BCUT2D eigenvalue weighted by atomic mass is 9.98. The fraction of sp³-hybridized carbons (Fsp3) is 0.0588. The Labute approximate surface area is 131 Å². The Morgan fingerprint density at radius 2 is 1.45 bits per heavy atom. The average Bonchev–Trinajstić information content (AvgIpc) is 2.53. The minimum Gasteiger partial charge on any atom is -0.293 e. The third-order valence-corrected chi connectivity index (χ3v) is 3.51. The van der Waals surface area contributed by atoms with Gasteiger partial charge in [0, 0.05) is 5.56 Å². The summed E-state index contributed by atoms with van der Waals surface area (Å²) in [6.07, 6.45) is 1.66. The Balaban J connectivity index is 2.41. The van der Waals surface area contributed by atoms with E-state index in [1.54, 1.807) is 30.3 Å². The summed E-state index contributed by atoms with van der Waals surface area (Å²) in [4.78, 5) is 24.5. The number of ketones is 2. The molecule has 0 amide bonds. The summed E-state index contributed by atoms with van der Waals surface area (Å²) < 4.78 is 0.287. The predicted molar refractivity (Wildman–Crippen MR) is 89.1 cm³/mol. The van der Waals surface area contributed by atoms with E-state index in [2.05, 4.69) is 0 Å². The molecule has 0 N–H and O–H groups in total. The van der Waals surface area contributed by atoms with Crippen LogP contribution in [0.3, 0.4) is 0 Å². The average molecular weight is 376 g/mol. The molecule has 0 unspecified atom stereocenters. The lowest BCUT2D eigenvalue weighted by Gasteiger charge is -2.05. The van der Waals surface area contributed by atoms with Gasteiger partial charge in [0.2, 0.25) is 0 Å². The Kier molecular flexibility index (Phi) is 5.24. The van der Waals surface area contributed by atoms with Crippen LogP contribution in [0.4, 0.5) is 0 Å². The first kappa shape index (κ1) is 14.7. The van der Waals surface area contributed by atoms with Crippen LogP contribution in [-0.4, -0.2) is 16.0 Å². The Bertz CT molecular complexity index is 631. The van der Waals surface area contributed by atoms with E-state index >= 15 is 0 Å². The SMILES string of the molecule is O=C(CI)/C(=C/c1ccccc1)C(=O)c1ccccc1. The Morgan fingerprint density at radius 1 is 0.900 bits per heavy atom. The first-order valence-corrected chi connectivity index (χ1v) is 7.70. The smallest absolute Gasteiger partial charge is 0.196 e. The third-order valence-electron chi connectivity index (χ3n) is 2.81. The van der Waals surface area contributed by atoms with E-state index in [1.165, 1.54) is 0 Å². The lowest BCUT2D eigenvalue weighted by Crippen LogP contribution is -2.14. The number of Topliss-reactive ketones (excluding diaryl/α,β-unsaturated/α-hetero) is 2. The van der Waals surface area contributed by atoms with E-state index in [9.17, 15) is 9.59 Å². The lowest BCUT2D eigenvalue weighted by molar-refractivity contribution is -0.112. The van der Waals surface area contributed by atoms with E-state index in [0.717, 1.165) is 5.56 Å². The summed E-state index contributed by atoms with van der Waals surface area (Å²) in [6.45, 7) is 0. The largest absolute Gasteiger partial charge is 0.293 e. The van der Waals surface area contributed by atoms with Gasteiger partial charge in [-0.15, -0.1) is 0 Å². The van der Waals surface area contributed by atoms with Crippen molar-refractivity contribution in [1.82, 2.24) is 0 Å². The summed E-state index contributed by atoms with van der Waals surface area (Å²) in [6, 6.07) is 18.3. The van der Waals surface area contributed by atoms with E-state index in [4.69, 9.17) is 0 Å². The summed E-state index contributed by atoms with van der Waals surface area (Å²) in [5.41, 5.74) is 1.62. The van der Waals surface area contributed by atoms with Crippen molar-refractivity contribution in [3.63, 3.8) is 0 Å². The minimum atomic E-state index is -0.226. The summed E-state index contributed by atoms with van der Waals surface area (Å²) >= 11 is 1.98. The number of benzene rings is 2. The van der Waals surface area contributed by atoms with Gasteiger partial charge in [-0.05, 0) is 11.6 Å². The molecule has 0 aliphatic heterocycles. The van der Waals surface area contributed by atoms with Crippen LogP contribution in [0.2, 0.25) is 0 Å². The normalized spacial score (nSPS) is 11.2. The molecule has 2 rings (SSSR count). The molecule has 0 atom stereocenters. The fourth-order valence-corrected chi connectivity index (χ4v) is 2.22. The molecule has 0 fully saturated rings. The number of hydrogen-bond acceptors (Lipinski definition) is 2. The zero-order valence-corrected chi connectivity index (χ0v) is 12.9. The van der Waals surface area contributed by atoms with Crippen molar-refractivity contribution in [3.8, 4) is 0 Å². The molecule has 0 heterocycles. The molecule has 2 aromatic carbocycles. The Hall–Kier alpha value is -1.75. The molecule has 0 saturated heterocycles. The highest BCUT2D eigenvalue weighted by Gasteiger charge is 2.18. The van der Waals surface area contributed by atoms with Crippen LogP contribution < -0.4 is 0 Å². The van der Waals surface area contributed by atoms with Crippen LogP contribution in [0.1, 0.15) is 15.9 Å². The maximum atomic E-state index is 12.5. The minimum absolute atomic E-state index is 0.150. The second-order valence-corrected chi connectivity index (χ2v) is 4.98. The highest BCUT2D eigenvalue weighted by Crippen LogP contribution is 2.15. The molecule has 0 saturated carbocycles. The zero-order chi connectivity index (χ0) is 14.4. The quantitative estimate of drug-likeness (QED) is 0.198. The molecule has 3 heteroatoms. The first-order chi connectivity index (χ1) is 9.72. The topological polar surface area (TPSA) is 34.1 Å². The summed E-state index contributed by atoms with van der Waals surface area (Å²) in [5.74, 6) is -0.376. The van der Waals surface area contributed by atoms with Gasteiger partial charge >= 0.3 is 0 Å². The second-order valence-electron chi connectivity index (χ2n) is 4.22. The second kappa shape index (κ2) is 7.14. The molecule has 0 radical (unpaired) electrons. The van der Waals surface area contributed by atoms with Gasteiger partial charge in [-0.3, -0.25) is 9.59 Å². The predicted octanol–water partition coefficient (Wildman–Crippen LogP) is 3.96. The summed E-state index contributed by atoms with van der Waals surface area (Å²) in [5, 5.41) is 0. The number of hydrogen-bond donors (Lipinski definition) is 0. The van der Waals surface area contributed by atoms with Gasteiger partial charge in [0.25, 0.3) is 0 Å². The van der Waals surface area contributed by atoms with Crippen molar-refractivity contribution < 1.29 is 9.59 Å². The number of alkyl halides is 1. The highest BCUT2D eigenvalue weighted by molar-refractivity contribution is 14.1. The molecule has 0 aromatic heterocycles. The molecule has 0 bridgehead atoms. The van der Waals surface area contributed by atoms with Crippen molar-refractivity contribution in [2.24, 2.45) is 0 Å². The molecular formula is C17H13IO2. The molecule has 0 aliphatic rings. The number of rotatable bonds is 5. The van der Waals surface area contributed by atoms with Crippen LogP contribution >= 0.6 is 22.6 Å². The molecule has 0 aliphatic carbocycles. The molecule has 100 valence electrons. The molecule has 2 aromatic rings. The highest BCUT2D eigenvalue weighted by atomic mass is 127. The van der Waals surface area contributed by atoms with E-state index in [1.807, 2.05) is 59.0 Å². The van der Waals surface area contributed by atoms with E-state index < -0.39 is 0 Å². The van der Waals surface area contributed by atoms with Crippen molar-refractivity contribution in [3.05, 3.63) is 77.4 Å². The van der Waals surface area contributed by atoms with Gasteiger partial charge < -0.3 is 0 Å². The van der Waals surface area contributed by atoms with Crippen LogP contribution in [0.15, 0.2) is 66.2 Å². The van der Waals surface area contributed by atoms with E-state index in [-0.39, 0.29) is 21.6 Å². The van der Waals surface area contributed by atoms with Crippen molar-refractivity contribution in [2.45, 2.75) is 0 Å². The van der Waals surface area contributed by atoms with Crippen LogP contribution in [0, 0.1) is 0 Å². The fourth-order valence-electron chi connectivity index (χ4n) is 1.81. The Morgan fingerprint density at radius 3 is 2.00 bits per heavy atom. The maximum absolute atomic E-state index is 12.5. The van der Waals surface area contributed by atoms with Gasteiger partial charge in [-0.25, -0.2) is 0 Å². The maximum Gasteiger partial charge on any atom is 0.196 e. The number of carbonyl (C=O) groups is 2. The van der Waals surface area contributed by atoms with Crippen LogP contribution in [0.5, 0.6) is 0 Å². The summed E-state index contributed by atoms with van der Waals surface area (Å²) in [7, 11) is 0. The molecule has 2 nitrogen and oxygen atoms in total. The van der Waals surface area contributed by atoms with Crippen LogP contribution in [0.25, 0.3) is 6.08 Å². The molecular weight excluding hydrogens is 363 g/mol. The van der Waals surface area contributed by atoms with Gasteiger partial charge in [0.1, 0.15) is 0 Å². The van der Waals surface area contributed by atoms with Gasteiger partial charge in [-0.1, -0.05) is 83.3 Å². The van der Waals surface area contributed by atoms with Crippen molar-refractivity contribution >= 4 is 40.2 Å². The van der Waals surface area contributed by atoms with Crippen molar-refractivity contribution in [2.75, 3.05) is 4.43 Å². The van der Waals surface area contributed by atoms with E-state index in [0.29, 0.717) is 5.56 Å². The zero-order valence-electron chi connectivity index (χ0n) is 10.8. The number of halogens is 1. The van der Waals surface area contributed by atoms with Gasteiger partial charge in [-0.2, -0.15) is 0 Å². The number of allylic oxidation sites excluding steroid dienone is 1.